The zero-order chi connectivity index (χ0) is 15.7. The molecule has 0 amide bonds. The fraction of sp³-hybridized carbons (Fsp3) is 0.667. The minimum Gasteiger partial charge on any atom is -0.316 e. The normalized spacial score (nSPS) is 14.1. The Labute approximate surface area is 140 Å². The van der Waals surface area contributed by atoms with Crippen molar-refractivity contribution in [2.24, 2.45) is 5.41 Å². The van der Waals surface area contributed by atoms with E-state index in [1.807, 2.05) is 18.2 Å². The van der Waals surface area contributed by atoms with Gasteiger partial charge in [-0.1, -0.05) is 56.8 Å². The van der Waals surface area contributed by atoms with Gasteiger partial charge in [-0.15, -0.1) is 0 Å². The molecule has 0 radical (unpaired) electrons. The van der Waals surface area contributed by atoms with Crippen LogP contribution in [0.3, 0.4) is 0 Å². The van der Waals surface area contributed by atoms with Gasteiger partial charge in [-0.25, -0.2) is 0 Å². The molecule has 0 bridgehead atoms. The third-order valence-electron chi connectivity index (χ3n) is 4.31. The number of hydrogen-bond donors (Lipinski definition) is 1. The lowest BCUT2D eigenvalue weighted by molar-refractivity contribution is 0.229. The van der Waals surface area contributed by atoms with Crippen LogP contribution in [0.5, 0.6) is 0 Å². The minimum atomic E-state index is 0.277. The largest absolute Gasteiger partial charge is 0.316 e. The van der Waals surface area contributed by atoms with E-state index in [2.05, 4.69) is 26.1 Å². The van der Waals surface area contributed by atoms with Crippen molar-refractivity contribution in [3.05, 3.63) is 33.8 Å². The summed E-state index contributed by atoms with van der Waals surface area (Å²) in [6.07, 6.45) is 7.07. The summed E-state index contributed by atoms with van der Waals surface area (Å²) in [5.74, 6) is 0. The molecular weight excluding hydrogens is 301 g/mol. The second-order valence-corrected chi connectivity index (χ2v) is 6.89. The Morgan fingerprint density at radius 1 is 1.10 bits per heavy atom. The number of rotatable bonds is 10. The minimum absolute atomic E-state index is 0.277. The average Bonchev–Trinajstić information content (AvgIpc) is 2.48. The van der Waals surface area contributed by atoms with Crippen LogP contribution in [0, 0.1) is 5.41 Å². The molecule has 120 valence electrons. The van der Waals surface area contributed by atoms with Gasteiger partial charge < -0.3 is 5.32 Å². The Bertz CT molecular complexity index is 420. The van der Waals surface area contributed by atoms with E-state index >= 15 is 0 Å². The Morgan fingerprint density at radius 2 is 1.86 bits per heavy atom. The third-order valence-corrected chi connectivity index (χ3v) is 4.91. The number of halogens is 2. The van der Waals surface area contributed by atoms with Gasteiger partial charge in [0.15, 0.2) is 0 Å². The molecule has 0 aromatic heterocycles. The number of unbranched alkanes of at least 4 members (excludes halogenated alkanes) is 1. The first-order valence-electron chi connectivity index (χ1n) is 8.21. The molecule has 0 aliphatic carbocycles. The van der Waals surface area contributed by atoms with Crippen LogP contribution in [0.15, 0.2) is 18.2 Å². The highest BCUT2D eigenvalue weighted by Gasteiger charge is 2.28. The summed E-state index contributed by atoms with van der Waals surface area (Å²) in [4.78, 5) is 0. The van der Waals surface area contributed by atoms with Gasteiger partial charge in [-0.3, -0.25) is 0 Å². The van der Waals surface area contributed by atoms with Crippen LogP contribution in [0.4, 0.5) is 0 Å². The monoisotopic (exact) mass is 329 g/mol. The van der Waals surface area contributed by atoms with E-state index in [4.69, 9.17) is 23.2 Å². The molecule has 0 saturated heterocycles. The van der Waals surface area contributed by atoms with Gasteiger partial charge in [0.2, 0.25) is 0 Å². The first kappa shape index (κ1) is 18.8. The molecule has 1 aromatic carbocycles. The van der Waals surface area contributed by atoms with Crippen molar-refractivity contribution in [2.45, 2.75) is 59.3 Å². The fourth-order valence-electron chi connectivity index (χ4n) is 2.83. The van der Waals surface area contributed by atoms with Crippen LogP contribution in [-0.4, -0.2) is 13.1 Å². The lowest BCUT2D eigenvalue weighted by atomic mass is 9.75. The lowest BCUT2D eigenvalue weighted by Gasteiger charge is -2.34. The summed E-state index contributed by atoms with van der Waals surface area (Å²) in [5.41, 5.74) is 1.46. The molecule has 0 fully saturated rings. The van der Waals surface area contributed by atoms with Gasteiger partial charge in [0.1, 0.15) is 0 Å². The summed E-state index contributed by atoms with van der Waals surface area (Å²) in [6.45, 7) is 8.89. The zero-order valence-electron chi connectivity index (χ0n) is 13.6. The SMILES string of the molecule is CCCCC(CC)(CNCCC)Cc1cc(Cl)ccc1Cl. The van der Waals surface area contributed by atoms with Crippen LogP contribution in [0.1, 0.15) is 58.4 Å². The highest BCUT2D eigenvalue weighted by molar-refractivity contribution is 6.33. The Morgan fingerprint density at radius 3 is 2.48 bits per heavy atom. The lowest BCUT2D eigenvalue weighted by Crippen LogP contribution is -2.36. The van der Waals surface area contributed by atoms with Crippen LogP contribution in [0.25, 0.3) is 0 Å². The number of nitrogens with one attached hydrogen (secondary N) is 1. The smallest absolute Gasteiger partial charge is 0.0439 e. The van der Waals surface area contributed by atoms with Crippen molar-refractivity contribution in [2.75, 3.05) is 13.1 Å². The molecule has 21 heavy (non-hydrogen) atoms. The number of benzene rings is 1. The maximum Gasteiger partial charge on any atom is 0.0439 e. The van der Waals surface area contributed by atoms with Crippen LogP contribution in [-0.2, 0) is 6.42 Å². The predicted molar refractivity (Wildman–Crippen MR) is 95.6 cm³/mol. The highest BCUT2D eigenvalue weighted by Crippen LogP contribution is 2.35. The summed E-state index contributed by atoms with van der Waals surface area (Å²) in [6, 6.07) is 5.81. The second kappa shape index (κ2) is 9.71. The molecule has 1 aromatic rings. The summed E-state index contributed by atoms with van der Waals surface area (Å²) in [7, 11) is 0. The van der Waals surface area contributed by atoms with E-state index in [1.165, 1.54) is 31.2 Å². The van der Waals surface area contributed by atoms with Crippen molar-refractivity contribution in [3.8, 4) is 0 Å². The Kier molecular flexibility index (Phi) is 8.70. The molecule has 1 unspecified atom stereocenters. The van der Waals surface area contributed by atoms with Crippen molar-refractivity contribution in [1.82, 2.24) is 5.32 Å². The van der Waals surface area contributed by atoms with Gasteiger partial charge >= 0.3 is 0 Å². The molecular formula is C18H29Cl2N. The molecule has 1 atom stereocenters. The molecule has 3 heteroatoms. The van der Waals surface area contributed by atoms with Crippen molar-refractivity contribution < 1.29 is 0 Å². The maximum atomic E-state index is 6.38. The number of hydrogen-bond acceptors (Lipinski definition) is 1. The van der Waals surface area contributed by atoms with Gasteiger partial charge in [0, 0.05) is 16.6 Å². The quantitative estimate of drug-likeness (QED) is 0.509. The van der Waals surface area contributed by atoms with E-state index in [1.54, 1.807) is 0 Å². The van der Waals surface area contributed by atoms with E-state index in [9.17, 15) is 0 Å². The van der Waals surface area contributed by atoms with E-state index < -0.39 is 0 Å². The highest BCUT2D eigenvalue weighted by atomic mass is 35.5. The standard InChI is InChI=1S/C18H29Cl2N/c1-4-7-10-18(6-3,14-21-11-5-2)13-15-12-16(19)8-9-17(15)20/h8-9,12,21H,4-7,10-11,13-14H2,1-3H3. The van der Waals surface area contributed by atoms with E-state index in [-0.39, 0.29) is 5.41 Å². The second-order valence-electron chi connectivity index (χ2n) is 6.05. The van der Waals surface area contributed by atoms with Gasteiger partial charge in [0.05, 0.1) is 0 Å². The Balaban J connectivity index is 2.90. The molecule has 0 spiro atoms. The van der Waals surface area contributed by atoms with Gasteiger partial charge in [0.25, 0.3) is 0 Å². The molecule has 1 nitrogen and oxygen atoms in total. The first-order chi connectivity index (χ1) is 10.1. The molecule has 0 aliphatic heterocycles. The maximum absolute atomic E-state index is 6.38. The van der Waals surface area contributed by atoms with E-state index in [0.717, 1.165) is 36.0 Å². The summed E-state index contributed by atoms with van der Waals surface area (Å²) >= 11 is 12.5. The van der Waals surface area contributed by atoms with Crippen molar-refractivity contribution in [3.63, 3.8) is 0 Å². The zero-order valence-corrected chi connectivity index (χ0v) is 15.2. The van der Waals surface area contributed by atoms with Crippen molar-refractivity contribution >= 4 is 23.2 Å². The van der Waals surface area contributed by atoms with Crippen LogP contribution in [0.2, 0.25) is 10.0 Å². The molecule has 1 rings (SSSR count). The predicted octanol–water partition coefficient (Wildman–Crippen LogP) is 6.12. The summed E-state index contributed by atoms with van der Waals surface area (Å²) < 4.78 is 0. The summed E-state index contributed by atoms with van der Waals surface area (Å²) in [5, 5.41) is 5.23. The first-order valence-corrected chi connectivity index (χ1v) is 8.97. The molecule has 0 aliphatic rings. The third kappa shape index (κ3) is 6.18. The fourth-order valence-corrected chi connectivity index (χ4v) is 3.21. The van der Waals surface area contributed by atoms with Crippen LogP contribution >= 0.6 is 23.2 Å². The molecule has 0 saturated carbocycles. The van der Waals surface area contributed by atoms with Crippen molar-refractivity contribution in [1.29, 1.82) is 0 Å². The van der Waals surface area contributed by atoms with Gasteiger partial charge in [-0.2, -0.15) is 0 Å². The molecule has 1 N–H and O–H groups in total. The Hall–Kier alpha value is -0.240. The van der Waals surface area contributed by atoms with E-state index in [0.29, 0.717) is 0 Å². The van der Waals surface area contributed by atoms with Crippen LogP contribution < -0.4 is 5.32 Å². The molecule has 0 heterocycles. The topological polar surface area (TPSA) is 12.0 Å². The van der Waals surface area contributed by atoms with Gasteiger partial charge in [-0.05, 0) is 61.4 Å². The average molecular weight is 330 g/mol.